The molecule has 0 amide bonds. The first-order valence-electron chi connectivity index (χ1n) is 8.92. The van der Waals surface area contributed by atoms with Crippen LogP contribution in [0.1, 0.15) is 5.69 Å². The summed E-state index contributed by atoms with van der Waals surface area (Å²) in [5, 5.41) is 0.944. The molecule has 0 saturated carbocycles. The second-order valence-electron chi connectivity index (χ2n) is 6.77. The van der Waals surface area contributed by atoms with Crippen LogP contribution < -0.4 is 5.73 Å². The fourth-order valence-corrected chi connectivity index (χ4v) is 4.31. The summed E-state index contributed by atoms with van der Waals surface area (Å²) in [4.78, 5) is 0.223. The van der Waals surface area contributed by atoms with Crippen molar-refractivity contribution in [2.45, 2.75) is 18.4 Å². The number of allylic oxidation sites excluding steroid dienone is 1. The van der Waals surface area contributed by atoms with Crippen LogP contribution in [0.3, 0.4) is 0 Å². The Morgan fingerprint density at radius 3 is 2.57 bits per heavy atom. The van der Waals surface area contributed by atoms with Gasteiger partial charge in [-0.3, -0.25) is 0 Å². The van der Waals surface area contributed by atoms with Crippen LogP contribution in [0.4, 0.5) is 4.39 Å². The Morgan fingerprint density at radius 2 is 1.89 bits per heavy atom. The number of sulfonamides is 1. The van der Waals surface area contributed by atoms with Crippen LogP contribution in [-0.4, -0.2) is 37.9 Å². The zero-order chi connectivity index (χ0) is 20.5. The molecule has 0 spiro atoms. The fraction of sp³-hybridized carbons (Fsp3) is 0.238. The number of hydrogen-bond acceptors (Lipinski definition) is 3. The molecular weight excluding hydrogens is 377 g/mol. The van der Waals surface area contributed by atoms with Gasteiger partial charge in [-0.05, 0) is 36.8 Å². The van der Waals surface area contributed by atoms with Crippen molar-refractivity contribution in [2.75, 3.05) is 20.6 Å². The van der Waals surface area contributed by atoms with Crippen molar-refractivity contribution < 1.29 is 12.8 Å². The lowest BCUT2D eigenvalue weighted by atomic mass is 10.0. The van der Waals surface area contributed by atoms with Crippen molar-refractivity contribution >= 4 is 20.9 Å². The van der Waals surface area contributed by atoms with Crippen LogP contribution in [0.5, 0.6) is 0 Å². The third-order valence-corrected chi connectivity index (χ3v) is 6.59. The number of benzene rings is 2. The molecule has 7 heteroatoms. The van der Waals surface area contributed by atoms with E-state index in [1.54, 1.807) is 18.2 Å². The third-order valence-electron chi connectivity index (χ3n) is 4.78. The summed E-state index contributed by atoms with van der Waals surface area (Å²) in [5.74, 6) is -0.304. The van der Waals surface area contributed by atoms with Crippen LogP contribution in [0.2, 0.25) is 0 Å². The minimum absolute atomic E-state index is 0.0826. The monoisotopic (exact) mass is 401 g/mol. The quantitative estimate of drug-likeness (QED) is 0.685. The van der Waals surface area contributed by atoms with Crippen molar-refractivity contribution in [3.8, 4) is 11.1 Å². The highest BCUT2D eigenvalue weighted by atomic mass is 32.2. The molecule has 148 valence electrons. The standard InChI is InChI=1S/C21H24FN3O2S/c1-15-21(16-7-6-8-18(13-16)28(26,27)24(2)3)19-9-4-5-10-20(19)25(15)14-17(22)11-12-23/h4-11,13H,12,14,23H2,1-3H3. The van der Waals surface area contributed by atoms with Crippen LogP contribution in [0.25, 0.3) is 22.0 Å². The van der Waals surface area contributed by atoms with Gasteiger partial charge in [0.2, 0.25) is 10.0 Å². The average molecular weight is 402 g/mol. The maximum absolute atomic E-state index is 14.2. The Kier molecular flexibility index (Phi) is 5.69. The number of aromatic nitrogens is 1. The normalized spacial score (nSPS) is 12.9. The van der Waals surface area contributed by atoms with Crippen LogP contribution >= 0.6 is 0 Å². The summed E-state index contributed by atoms with van der Waals surface area (Å²) >= 11 is 0. The van der Waals surface area contributed by atoms with Crippen LogP contribution in [0.15, 0.2) is 65.3 Å². The van der Waals surface area contributed by atoms with Gasteiger partial charge in [-0.25, -0.2) is 17.1 Å². The Labute approximate surface area is 164 Å². The van der Waals surface area contributed by atoms with Gasteiger partial charge >= 0.3 is 0 Å². The number of nitrogens with two attached hydrogens (primary N) is 1. The molecule has 0 atom stereocenters. The van der Waals surface area contributed by atoms with Crippen LogP contribution in [-0.2, 0) is 16.6 Å². The maximum atomic E-state index is 14.2. The van der Waals surface area contributed by atoms with E-state index in [9.17, 15) is 12.8 Å². The fourth-order valence-electron chi connectivity index (χ4n) is 3.37. The molecule has 0 bridgehead atoms. The van der Waals surface area contributed by atoms with E-state index < -0.39 is 10.0 Å². The van der Waals surface area contributed by atoms with E-state index in [1.807, 2.05) is 41.8 Å². The number of halogens is 1. The molecule has 3 aromatic rings. The van der Waals surface area contributed by atoms with Crippen molar-refractivity contribution in [1.82, 2.24) is 8.87 Å². The van der Waals surface area contributed by atoms with E-state index in [0.29, 0.717) is 0 Å². The summed E-state index contributed by atoms with van der Waals surface area (Å²) in [6.45, 7) is 2.14. The Morgan fingerprint density at radius 1 is 1.18 bits per heavy atom. The highest BCUT2D eigenvalue weighted by molar-refractivity contribution is 7.89. The molecule has 1 heterocycles. The smallest absolute Gasteiger partial charge is 0.242 e. The van der Waals surface area contributed by atoms with Crippen molar-refractivity contribution in [2.24, 2.45) is 5.73 Å². The topological polar surface area (TPSA) is 68.3 Å². The second-order valence-corrected chi connectivity index (χ2v) is 8.92. The highest BCUT2D eigenvalue weighted by Crippen LogP contribution is 2.36. The molecule has 2 aromatic carbocycles. The molecule has 28 heavy (non-hydrogen) atoms. The van der Waals surface area contributed by atoms with Gasteiger partial charge in [0, 0.05) is 42.8 Å². The molecule has 0 radical (unpaired) electrons. The van der Waals surface area contributed by atoms with E-state index >= 15 is 0 Å². The van der Waals surface area contributed by atoms with Crippen molar-refractivity contribution in [3.63, 3.8) is 0 Å². The van der Waals surface area contributed by atoms with Crippen molar-refractivity contribution in [1.29, 1.82) is 0 Å². The number of nitrogens with zero attached hydrogens (tertiary/aromatic N) is 2. The Bertz CT molecular complexity index is 1150. The first-order valence-corrected chi connectivity index (χ1v) is 10.4. The predicted molar refractivity (Wildman–Crippen MR) is 111 cm³/mol. The molecule has 1 aromatic heterocycles. The summed E-state index contributed by atoms with van der Waals surface area (Å²) in [7, 11) is -0.538. The molecular formula is C21H24FN3O2S. The molecule has 0 aliphatic rings. The minimum Gasteiger partial charge on any atom is -0.337 e. The second kappa shape index (κ2) is 7.87. The largest absolute Gasteiger partial charge is 0.337 e. The van der Waals surface area contributed by atoms with Gasteiger partial charge in [0.25, 0.3) is 0 Å². The van der Waals surface area contributed by atoms with Gasteiger partial charge in [0.1, 0.15) is 5.83 Å². The number of hydrogen-bond donors (Lipinski definition) is 1. The number of rotatable bonds is 6. The molecule has 0 fully saturated rings. The summed E-state index contributed by atoms with van der Waals surface area (Å²) < 4.78 is 42.3. The van der Waals surface area contributed by atoms with E-state index in [2.05, 4.69) is 0 Å². The van der Waals surface area contributed by atoms with Crippen LogP contribution in [0, 0.1) is 6.92 Å². The molecule has 0 aliphatic carbocycles. The van der Waals surface area contributed by atoms with E-state index in [4.69, 9.17) is 5.73 Å². The first-order chi connectivity index (χ1) is 13.3. The zero-order valence-electron chi connectivity index (χ0n) is 16.2. The summed E-state index contributed by atoms with van der Waals surface area (Å²) in [6.07, 6.45) is 1.36. The van der Waals surface area contributed by atoms with E-state index in [-0.39, 0.29) is 23.8 Å². The molecule has 0 aliphatic heterocycles. The number of fused-ring (bicyclic) bond motifs is 1. The average Bonchev–Trinajstić information content (AvgIpc) is 2.94. The minimum atomic E-state index is -3.55. The summed E-state index contributed by atoms with van der Waals surface area (Å²) in [6, 6.07) is 14.6. The lowest BCUT2D eigenvalue weighted by molar-refractivity contribution is 0.521. The van der Waals surface area contributed by atoms with E-state index in [0.717, 1.165) is 27.7 Å². The lowest BCUT2D eigenvalue weighted by Gasteiger charge is -2.13. The molecule has 5 nitrogen and oxygen atoms in total. The lowest BCUT2D eigenvalue weighted by Crippen LogP contribution is -2.22. The van der Waals surface area contributed by atoms with Gasteiger partial charge in [0.15, 0.2) is 0 Å². The highest BCUT2D eigenvalue weighted by Gasteiger charge is 2.20. The summed E-state index contributed by atoms with van der Waals surface area (Å²) in [5.41, 5.74) is 8.84. The van der Waals surface area contributed by atoms with Gasteiger partial charge < -0.3 is 10.3 Å². The predicted octanol–water partition coefficient (Wildman–Crippen LogP) is 3.68. The molecule has 0 unspecified atom stereocenters. The van der Waals surface area contributed by atoms with Gasteiger partial charge in [0.05, 0.1) is 11.4 Å². The Hall–Kier alpha value is -2.48. The molecule has 2 N–H and O–H groups in total. The molecule has 0 saturated heterocycles. The zero-order valence-corrected chi connectivity index (χ0v) is 17.0. The van der Waals surface area contributed by atoms with Gasteiger partial charge in [-0.2, -0.15) is 0 Å². The molecule has 3 rings (SSSR count). The van der Waals surface area contributed by atoms with E-state index in [1.165, 1.54) is 24.5 Å². The van der Waals surface area contributed by atoms with Gasteiger partial charge in [-0.15, -0.1) is 0 Å². The number of para-hydroxylation sites is 1. The van der Waals surface area contributed by atoms with Crippen molar-refractivity contribution in [3.05, 3.63) is 66.1 Å². The SMILES string of the molecule is Cc1c(-c2cccc(S(=O)(=O)N(C)C)c2)c2ccccc2n1CC(F)=CCN. The third kappa shape index (κ3) is 3.61. The van der Waals surface area contributed by atoms with Gasteiger partial charge in [-0.1, -0.05) is 30.3 Å². The first kappa shape index (κ1) is 20.3. The maximum Gasteiger partial charge on any atom is 0.242 e. The Balaban J connectivity index is 2.23.